The van der Waals surface area contributed by atoms with Crippen molar-refractivity contribution < 1.29 is 15.0 Å². The highest BCUT2D eigenvalue weighted by Crippen LogP contribution is 2.58. The minimum atomic E-state index is -1.12. The summed E-state index contributed by atoms with van der Waals surface area (Å²) in [5.41, 5.74) is -0.254. The second-order valence-electron chi connectivity index (χ2n) is 5.16. The van der Waals surface area contributed by atoms with Crippen LogP contribution in [0.4, 0.5) is 0 Å². The fraction of sp³-hybridized carbons (Fsp3) is 0.917. The summed E-state index contributed by atoms with van der Waals surface area (Å²) in [5.74, 6) is -0.581. The Morgan fingerprint density at radius 3 is 2.07 bits per heavy atom. The third-order valence-electron chi connectivity index (χ3n) is 4.27. The van der Waals surface area contributed by atoms with E-state index in [1.54, 1.807) is 0 Å². The lowest BCUT2D eigenvalue weighted by atomic mass is 9.79. The van der Waals surface area contributed by atoms with Gasteiger partial charge in [0, 0.05) is 5.41 Å². The van der Waals surface area contributed by atoms with E-state index in [1.807, 2.05) is 0 Å². The zero-order valence-corrected chi connectivity index (χ0v) is 9.11. The standard InChI is InChI=1S/C12H20O3/c13-10(11(14)15)12(7-8-12)9-5-3-1-2-4-6-9/h9-10,13H,1-8H2,(H,14,15). The Bertz CT molecular complexity index is 237. The average molecular weight is 212 g/mol. The fourth-order valence-corrected chi connectivity index (χ4v) is 3.15. The second kappa shape index (κ2) is 4.12. The Kier molecular flexibility index (Phi) is 3.01. The molecule has 1 unspecified atom stereocenters. The minimum Gasteiger partial charge on any atom is -0.479 e. The predicted octanol–water partition coefficient (Wildman–Crippen LogP) is 2.18. The van der Waals surface area contributed by atoms with E-state index in [2.05, 4.69) is 0 Å². The molecule has 0 aromatic carbocycles. The third kappa shape index (κ3) is 2.03. The van der Waals surface area contributed by atoms with Crippen LogP contribution < -0.4 is 0 Å². The van der Waals surface area contributed by atoms with Gasteiger partial charge in [-0.15, -0.1) is 0 Å². The van der Waals surface area contributed by atoms with Gasteiger partial charge in [-0.05, 0) is 31.6 Å². The van der Waals surface area contributed by atoms with Crippen LogP contribution in [0.15, 0.2) is 0 Å². The van der Waals surface area contributed by atoms with Gasteiger partial charge < -0.3 is 10.2 Å². The van der Waals surface area contributed by atoms with Crippen molar-refractivity contribution in [1.29, 1.82) is 0 Å². The van der Waals surface area contributed by atoms with Crippen LogP contribution in [0.2, 0.25) is 0 Å². The molecule has 0 heterocycles. The number of carboxylic acids is 1. The predicted molar refractivity (Wildman–Crippen MR) is 56.5 cm³/mol. The molecule has 0 radical (unpaired) electrons. The first-order chi connectivity index (χ1) is 7.17. The summed E-state index contributed by atoms with van der Waals surface area (Å²) in [6, 6.07) is 0. The SMILES string of the molecule is O=C(O)C(O)C1(C2CCCCCC2)CC1. The van der Waals surface area contributed by atoms with Crippen LogP contribution in [-0.4, -0.2) is 22.3 Å². The summed E-state index contributed by atoms with van der Waals surface area (Å²) in [6.45, 7) is 0. The van der Waals surface area contributed by atoms with Gasteiger partial charge in [-0.2, -0.15) is 0 Å². The van der Waals surface area contributed by atoms with E-state index >= 15 is 0 Å². The molecule has 0 amide bonds. The zero-order chi connectivity index (χ0) is 10.9. The Morgan fingerprint density at radius 1 is 1.13 bits per heavy atom. The molecular weight excluding hydrogens is 192 g/mol. The number of aliphatic hydroxyl groups is 1. The molecular formula is C12H20O3. The summed E-state index contributed by atoms with van der Waals surface area (Å²) in [7, 11) is 0. The molecule has 2 rings (SSSR count). The lowest BCUT2D eigenvalue weighted by Crippen LogP contribution is -2.36. The molecule has 2 saturated carbocycles. The van der Waals surface area contributed by atoms with Crippen LogP contribution in [0.5, 0.6) is 0 Å². The van der Waals surface area contributed by atoms with Crippen LogP contribution in [0, 0.1) is 11.3 Å². The number of aliphatic carboxylic acids is 1. The van der Waals surface area contributed by atoms with Crippen molar-refractivity contribution in [2.75, 3.05) is 0 Å². The first kappa shape index (κ1) is 10.9. The maximum Gasteiger partial charge on any atom is 0.333 e. The quantitative estimate of drug-likeness (QED) is 0.705. The minimum absolute atomic E-state index is 0.254. The first-order valence-electron chi connectivity index (χ1n) is 6.08. The lowest BCUT2D eigenvalue weighted by molar-refractivity contribution is -0.152. The lowest BCUT2D eigenvalue weighted by Gasteiger charge is -2.28. The number of carbonyl (C=O) groups is 1. The van der Waals surface area contributed by atoms with Crippen LogP contribution in [0.3, 0.4) is 0 Å². The molecule has 2 N–H and O–H groups in total. The van der Waals surface area contributed by atoms with E-state index in [1.165, 1.54) is 25.7 Å². The highest BCUT2D eigenvalue weighted by Gasteiger charge is 2.56. The van der Waals surface area contributed by atoms with Crippen molar-refractivity contribution in [3.63, 3.8) is 0 Å². The largest absolute Gasteiger partial charge is 0.479 e. The molecule has 0 bridgehead atoms. The molecule has 1 atom stereocenters. The van der Waals surface area contributed by atoms with E-state index in [9.17, 15) is 9.90 Å². The maximum absolute atomic E-state index is 10.9. The normalized spacial score (nSPS) is 28.1. The Labute approximate surface area is 90.5 Å². The van der Waals surface area contributed by atoms with E-state index < -0.39 is 12.1 Å². The number of carboxylic acid groups (broad SMARTS) is 1. The van der Waals surface area contributed by atoms with Crippen LogP contribution in [0.1, 0.15) is 51.4 Å². The van der Waals surface area contributed by atoms with Crippen molar-refractivity contribution >= 4 is 5.97 Å². The summed E-state index contributed by atoms with van der Waals surface area (Å²) in [6.07, 6.45) is 7.88. The molecule has 0 aromatic heterocycles. The van der Waals surface area contributed by atoms with Gasteiger partial charge in [0.2, 0.25) is 0 Å². The van der Waals surface area contributed by atoms with E-state index in [0.29, 0.717) is 5.92 Å². The molecule has 3 nitrogen and oxygen atoms in total. The van der Waals surface area contributed by atoms with E-state index in [4.69, 9.17) is 5.11 Å². The van der Waals surface area contributed by atoms with Gasteiger partial charge in [-0.3, -0.25) is 0 Å². The topological polar surface area (TPSA) is 57.5 Å². The van der Waals surface area contributed by atoms with Crippen LogP contribution in [-0.2, 0) is 4.79 Å². The van der Waals surface area contributed by atoms with Crippen molar-refractivity contribution in [2.45, 2.75) is 57.5 Å². The molecule has 0 aromatic rings. The first-order valence-corrected chi connectivity index (χ1v) is 6.08. The Morgan fingerprint density at radius 2 is 1.67 bits per heavy atom. The number of aliphatic hydroxyl groups excluding tert-OH is 1. The van der Waals surface area contributed by atoms with Crippen molar-refractivity contribution in [1.82, 2.24) is 0 Å². The molecule has 3 heteroatoms. The Hall–Kier alpha value is -0.570. The van der Waals surface area contributed by atoms with Crippen LogP contribution >= 0.6 is 0 Å². The van der Waals surface area contributed by atoms with E-state index in [0.717, 1.165) is 25.7 Å². The smallest absolute Gasteiger partial charge is 0.333 e. The molecule has 86 valence electrons. The number of hydrogen-bond acceptors (Lipinski definition) is 2. The third-order valence-corrected chi connectivity index (χ3v) is 4.27. The highest BCUT2D eigenvalue weighted by molar-refractivity contribution is 5.73. The molecule has 0 spiro atoms. The molecule has 2 fully saturated rings. The van der Waals surface area contributed by atoms with Gasteiger partial charge in [0.25, 0.3) is 0 Å². The highest BCUT2D eigenvalue weighted by atomic mass is 16.4. The zero-order valence-electron chi connectivity index (χ0n) is 9.11. The summed E-state index contributed by atoms with van der Waals surface area (Å²) in [4.78, 5) is 10.9. The van der Waals surface area contributed by atoms with Gasteiger partial charge in [-0.25, -0.2) is 4.79 Å². The van der Waals surface area contributed by atoms with Gasteiger partial charge in [0.05, 0.1) is 0 Å². The monoisotopic (exact) mass is 212 g/mol. The molecule has 15 heavy (non-hydrogen) atoms. The average Bonchev–Trinajstić information content (AvgIpc) is 3.01. The molecule has 2 aliphatic carbocycles. The second-order valence-corrected chi connectivity index (χ2v) is 5.16. The van der Waals surface area contributed by atoms with Crippen molar-refractivity contribution in [3.05, 3.63) is 0 Å². The fourth-order valence-electron chi connectivity index (χ4n) is 3.15. The number of hydrogen-bond donors (Lipinski definition) is 2. The van der Waals surface area contributed by atoms with Crippen molar-refractivity contribution in [2.24, 2.45) is 11.3 Å². The van der Waals surface area contributed by atoms with Crippen molar-refractivity contribution in [3.8, 4) is 0 Å². The Balaban J connectivity index is 2.04. The molecule has 0 aliphatic heterocycles. The van der Waals surface area contributed by atoms with Gasteiger partial charge in [0.15, 0.2) is 6.10 Å². The summed E-state index contributed by atoms with van der Waals surface area (Å²) >= 11 is 0. The number of rotatable bonds is 3. The van der Waals surface area contributed by atoms with Gasteiger partial charge in [-0.1, -0.05) is 25.7 Å². The van der Waals surface area contributed by atoms with Gasteiger partial charge >= 0.3 is 5.97 Å². The van der Waals surface area contributed by atoms with Crippen LogP contribution in [0.25, 0.3) is 0 Å². The summed E-state index contributed by atoms with van der Waals surface area (Å²) in [5, 5.41) is 18.7. The maximum atomic E-state index is 10.9. The molecule has 0 saturated heterocycles. The molecule has 2 aliphatic rings. The van der Waals surface area contributed by atoms with E-state index in [-0.39, 0.29) is 5.41 Å². The summed E-state index contributed by atoms with van der Waals surface area (Å²) < 4.78 is 0. The van der Waals surface area contributed by atoms with Gasteiger partial charge in [0.1, 0.15) is 0 Å².